The van der Waals surface area contributed by atoms with Crippen LogP contribution >= 0.6 is 11.8 Å². The number of aliphatic imine (C=N–C) groups is 1. The molecule has 0 aromatic rings. The van der Waals surface area contributed by atoms with Crippen LogP contribution in [0.1, 0.15) is 38.5 Å². The third-order valence-corrected chi connectivity index (χ3v) is 6.19. The smallest absolute Gasteiger partial charge is 0.191 e. The van der Waals surface area contributed by atoms with Gasteiger partial charge in [-0.1, -0.05) is 12.8 Å². The second-order valence-electron chi connectivity index (χ2n) is 6.27. The van der Waals surface area contributed by atoms with Gasteiger partial charge in [0.25, 0.3) is 0 Å². The number of rotatable bonds is 3. The molecule has 0 saturated carbocycles. The van der Waals surface area contributed by atoms with Crippen LogP contribution < -0.4 is 5.73 Å². The Hall–Kier alpha value is -0.420. The van der Waals surface area contributed by atoms with Gasteiger partial charge in [-0.15, -0.1) is 0 Å². The van der Waals surface area contributed by atoms with Crippen molar-refractivity contribution >= 4 is 17.7 Å². The molecule has 0 aliphatic carbocycles. The van der Waals surface area contributed by atoms with Gasteiger partial charge in [0.1, 0.15) is 0 Å². The van der Waals surface area contributed by atoms with Crippen LogP contribution in [0.4, 0.5) is 0 Å². The zero-order valence-electron chi connectivity index (χ0n) is 13.1. The largest absolute Gasteiger partial charge is 0.370 e. The molecule has 2 aliphatic rings. The van der Waals surface area contributed by atoms with E-state index in [1.165, 1.54) is 51.6 Å². The summed E-state index contributed by atoms with van der Waals surface area (Å²) in [5.41, 5.74) is 6.23. The summed E-state index contributed by atoms with van der Waals surface area (Å²) in [4.78, 5) is 9.46. The Labute approximate surface area is 128 Å². The summed E-state index contributed by atoms with van der Waals surface area (Å²) >= 11 is 1.98. The van der Waals surface area contributed by atoms with E-state index < -0.39 is 0 Å². The lowest BCUT2D eigenvalue weighted by Gasteiger charge is -2.38. The van der Waals surface area contributed by atoms with E-state index in [4.69, 9.17) is 10.7 Å². The van der Waals surface area contributed by atoms with Gasteiger partial charge >= 0.3 is 0 Å². The van der Waals surface area contributed by atoms with Crippen molar-refractivity contribution in [1.29, 1.82) is 0 Å². The van der Waals surface area contributed by atoms with Gasteiger partial charge in [0, 0.05) is 17.8 Å². The van der Waals surface area contributed by atoms with E-state index in [1.54, 1.807) is 0 Å². The molecule has 0 radical (unpaired) electrons. The molecule has 5 heteroatoms. The zero-order valence-corrected chi connectivity index (χ0v) is 13.9. The average Bonchev–Trinajstić information content (AvgIpc) is 2.76. The number of guanidine groups is 1. The molecule has 0 spiro atoms. The molecule has 2 aliphatic heterocycles. The molecule has 2 rings (SSSR count). The van der Waals surface area contributed by atoms with E-state index in [1.807, 2.05) is 11.8 Å². The maximum Gasteiger partial charge on any atom is 0.191 e. The van der Waals surface area contributed by atoms with Gasteiger partial charge in [-0.2, -0.15) is 11.8 Å². The molecule has 116 valence electrons. The minimum absolute atomic E-state index is 0.309. The monoisotopic (exact) mass is 298 g/mol. The number of piperidine rings is 1. The Morgan fingerprint density at radius 1 is 1.10 bits per heavy atom. The van der Waals surface area contributed by atoms with Crippen molar-refractivity contribution in [3.63, 3.8) is 0 Å². The first-order valence-corrected chi connectivity index (χ1v) is 9.16. The summed E-state index contributed by atoms with van der Waals surface area (Å²) in [6.45, 7) is 5.42. The van der Waals surface area contributed by atoms with Crippen molar-refractivity contribution in [3.8, 4) is 0 Å². The summed E-state index contributed by atoms with van der Waals surface area (Å²) in [7, 11) is 2.21. The Bertz CT molecular complexity index is 316. The minimum Gasteiger partial charge on any atom is -0.370 e. The highest BCUT2D eigenvalue weighted by atomic mass is 32.2. The molecule has 20 heavy (non-hydrogen) atoms. The van der Waals surface area contributed by atoms with Crippen molar-refractivity contribution in [2.45, 2.75) is 43.3 Å². The van der Waals surface area contributed by atoms with E-state index in [9.17, 15) is 0 Å². The van der Waals surface area contributed by atoms with Crippen molar-refractivity contribution in [2.75, 3.05) is 46.0 Å². The summed E-state index contributed by atoms with van der Waals surface area (Å²) in [5.74, 6) is 0.777. The molecule has 4 nitrogen and oxygen atoms in total. The highest BCUT2D eigenvalue weighted by Gasteiger charge is 2.32. The van der Waals surface area contributed by atoms with Gasteiger partial charge in [-0.05, 0) is 52.1 Å². The molecule has 0 atom stereocenters. The molecule has 0 unspecified atom stereocenters. The lowest BCUT2D eigenvalue weighted by atomic mass is 9.96. The number of thioether (sulfide) groups is 1. The van der Waals surface area contributed by atoms with E-state index in [0.717, 1.165) is 25.6 Å². The van der Waals surface area contributed by atoms with Crippen LogP contribution in [0.5, 0.6) is 0 Å². The second kappa shape index (κ2) is 7.55. The van der Waals surface area contributed by atoms with Crippen molar-refractivity contribution in [2.24, 2.45) is 10.7 Å². The lowest BCUT2D eigenvalue weighted by molar-refractivity contribution is 0.242. The number of hydrogen-bond acceptors (Lipinski definition) is 3. The molecule has 0 bridgehead atoms. The maximum absolute atomic E-state index is 6.23. The molecule has 0 amide bonds. The Kier molecular flexibility index (Phi) is 6.02. The zero-order chi connectivity index (χ0) is 14.4. The Morgan fingerprint density at radius 2 is 1.70 bits per heavy atom. The van der Waals surface area contributed by atoms with Gasteiger partial charge < -0.3 is 15.5 Å². The van der Waals surface area contributed by atoms with Crippen LogP contribution in [0.25, 0.3) is 0 Å². The third kappa shape index (κ3) is 4.29. The summed E-state index contributed by atoms with van der Waals surface area (Å²) in [6.07, 6.45) is 9.87. The van der Waals surface area contributed by atoms with Crippen molar-refractivity contribution in [3.05, 3.63) is 0 Å². The van der Waals surface area contributed by atoms with Crippen LogP contribution in [0.2, 0.25) is 0 Å². The number of hydrogen-bond donors (Lipinski definition) is 1. The van der Waals surface area contributed by atoms with Crippen molar-refractivity contribution in [1.82, 2.24) is 9.80 Å². The fraction of sp³-hybridized carbons (Fsp3) is 0.933. The summed E-state index contributed by atoms with van der Waals surface area (Å²) < 4.78 is 0.309. The first-order chi connectivity index (χ1) is 9.65. The van der Waals surface area contributed by atoms with Crippen LogP contribution in [0, 0.1) is 0 Å². The molecule has 2 fully saturated rings. The lowest BCUT2D eigenvalue weighted by Crippen LogP contribution is -2.44. The molecule has 0 aromatic carbocycles. The van der Waals surface area contributed by atoms with Gasteiger partial charge in [-0.25, -0.2) is 0 Å². The number of nitrogens with two attached hydrogens (primary N) is 1. The number of nitrogens with zero attached hydrogens (tertiary/aromatic N) is 3. The van der Waals surface area contributed by atoms with E-state index in [-0.39, 0.29) is 0 Å². The predicted octanol–water partition coefficient (Wildman–Crippen LogP) is 2.00. The van der Waals surface area contributed by atoms with E-state index >= 15 is 0 Å². The molecule has 2 N–H and O–H groups in total. The average molecular weight is 298 g/mol. The fourth-order valence-corrected chi connectivity index (χ4v) is 3.86. The molecular weight excluding hydrogens is 268 g/mol. The molecule has 2 saturated heterocycles. The van der Waals surface area contributed by atoms with Crippen LogP contribution in [0.3, 0.4) is 0 Å². The molecular formula is C15H30N4S. The van der Waals surface area contributed by atoms with Gasteiger partial charge in [0.2, 0.25) is 0 Å². The van der Waals surface area contributed by atoms with Crippen molar-refractivity contribution < 1.29 is 0 Å². The molecule has 2 heterocycles. The Balaban J connectivity index is 1.91. The highest BCUT2D eigenvalue weighted by molar-refractivity contribution is 8.00. The van der Waals surface area contributed by atoms with E-state index in [2.05, 4.69) is 23.1 Å². The van der Waals surface area contributed by atoms with Gasteiger partial charge in [-0.3, -0.25) is 4.99 Å². The van der Waals surface area contributed by atoms with Crippen LogP contribution in [-0.2, 0) is 0 Å². The first-order valence-electron chi connectivity index (χ1n) is 7.94. The normalized spacial score (nSPS) is 25.5. The predicted molar refractivity (Wildman–Crippen MR) is 89.5 cm³/mol. The second-order valence-corrected chi connectivity index (χ2v) is 7.54. The summed E-state index contributed by atoms with van der Waals surface area (Å²) in [6, 6.07) is 0. The van der Waals surface area contributed by atoms with Crippen LogP contribution in [0.15, 0.2) is 4.99 Å². The first kappa shape index (κ1) is 16.0. The topological polar surface area (TPSA) is 44.9 Å². The standard InChI is InChI=1S/C15H30N4S/c1-18-11-7-15(20-2,8-12-18)13-17-14(16)19-9-5-3-4-6-10-19/h3-13H2,1-2H3,(H2,16,17). The molecule has 0 aromatic heterocycles. The van der Waals surface area contributed by atoms with E-state index in [0.29, 0.717) is 4.75 Å². The highest BCUT2D eigenvalue weighted by Crippen LogP contribution is 2.34. The SMILES string of the molecule is CSC1(CN=C(N)N2CCCCCC2)CCN(C)CC1. The quantitative estimate of drug-likeness (QED) is 0.639. The van der Waals surface area contributed by atoms with Crippen LogP contribution in [-0.4, -0.2) is 66.5 Å². The third-order valence-electron chi connectivity index (χ3n) is 4.79. The number of likely N-dealkylation sites (tertiary alicyclic amines) is 2. The minimum atomic E-state index is 0.309. The van der Waals surface area contributed by atoms with Gasteiger partial charge in [0.05, 0.1) is 6.54 Å². The Morgan fingerprint density at radius 3 is 2.25 bits per heavy atom. The summed E-state index contributed by atoms with van der Waals surface area (Å²) in [5, 5.41) is 0. The fourth-order valence-electron chi connectivity index (χ4n) is 3.08. The van der Waals surface area contributed by atoms with Gasteiger partial charge in [0.15, 0.2) is 5.96 Å². The maximum atomic E-state index is 6.23.